The minimum Gasteiger partial charge on any atom is -0.487 e. The number of amides is 1. The van der Waals surface area contributed by atoms with Crippen molar-refractivity contribution >= 4 is 22.0 Å². The highest BCUT2D eigenvalue weighted by molar-refractivity contribution is 9.10. The van der Waals surface area contributed by atoms with Crippen LogP contribution >= 0.6 is 15.9 Å². The van der Waals surface area contributed by atoms with Crippen molar-refractivity contribution in [1.29, 1.82) is 0 Å². The quantitative estimate of drug-likeness (QED) is 0.919. The summed E-state index contributed by atoms with van der Waals surface area (Å²) < 4.78 is 8.03. The normalized spacial score (nSPS) is 16.6. The Morgan fingerprint density at radius 2 is 2.41 bits per heavy atom. The van der Waals surface area contributed by atoms with Crippen LogP contribution in [0.4, 0.5) is 4.79 Å². The van der Waals surface area contributed by atoms with Crippen LogP contribution in [0.15, 0.2) is 10.8 Å². The number of hydrogen-bond donors (Lipinski definition) is 1. The summed E-state index contributed by atoms with van der Waals surface area (Å²) in [6.07, 6.45) is 2.37. The third kappa shape index (κ3) is 2.24. The molecule has 1 saturated carbocycles. The molecule has 1 N–H and O–H groups in total. The maximum Gasteiger partial charge on any atom is 0.407 e. The third-order valence-corrected chi connectivity index (χ3v) is 4.06. The highest BCUT2D eigenvalue weighted by atomic mass is 79.9. The van der Waals surface area contributed by atoms with E-state index in [0.717, 1.165) is 17.4 Å². The van der Waals surface area contributed by atoms with Crippen molar-refractivity contribution in [2.45, 2.75) is 18.4 Å². The topological polar surface area (TPSA) is 67.6 Å². The van der Waals surface area contributed by atoms with Gasteiger partial charge in [0, 0.05) is 14.1 Å². The van der Waals surface area contributed by atoms with Crippen LogP contribution in [0.2, 0.25) is 0 Å². The van der Waals surface area contributed by atoms with Crippen LogP contribution < -0.4 is 4.74 Å². The lowest BCUT2D eigenvalue weighted by atomic mass is 10.2. The van der Waals surface area contributed by atoms with Crippen molar-refractivity contribution < 1.29 is 14.6 Å². The van der Waals surface area contributed by atoms with Crippen LogP contribution in [0.5, 0.6) is 5.75 Å². The second-order valence-corrected chi connectivity index (χ2v) is 5.03. The number of likely N-dealkylation sites (N-methyl/N-ethyl adjacent to an activating group) is 1. The second-order valence-electron chi connectivity index (χ2n) is 4.28. The van der Waals surface area contributed by atoms with Gasteiger partial charge < -0.3 is 14.7 Å². The number of rotatable bonds is 4. The molecule has 0 atom stereocenters. The van der Waals surface area contributed by atoms with Gasteiger partial charge in [-0.2, -0.15) is 5.10 Å². The van der Waals surface area contributed by atoms with E-state index in [-0.39, 0.29) is 5.54 Å². The zero-order valence-electron chi connectivity index (χ0n) is 9.68. The number of ether oxygens (including phenoxy) is 1. The van der Waals surface area contributed by atoms with Gasteiger partial charge in [0.05, 0.1) is 11.7 Å². The average molecular weight is 304 g/mol. The lowest BCUT2D eigenvalue weighted by Gasteiger charge is -2.25. The Bertz CT molecular complexity index is 442. The predicted molar refractivity (Wildman–Crippen MR) is 64.2 cm³/mol. The molecule has 6 nitrogen and oxygen atoms in total. The van der Waals surface area contributed by atoms with Crippen molar-refractivity contribution in [1.82, 2.24) is 14.7 Å². The van der Waals surface area contributed by atoms with E-state index in [1.807, 2.05) is 0 Å². The Hall–Kier alpha value is -1.24. The molecule has 0 saturated heterocycles. The van der Waals surface area contributed by atoms with Crippen molar-refractivity contribution in [3.05, 3.63) is 10.8 Å². The largest absolute Gasteiger partial charge is 0.487 e. The first-order valence-corrected chi connectivity index (χ1v) is 6.03. The summed E-state index contributed by atoms with van der Waals surface area (Å²) in [5.74, 6) is 0.637. The van der Waals surface area contributed by atoms with Crippen LogP contribution in [-0.4, -0.2) is 45.1 Å². The molecule has 0 aromatic carbocycles. The molecular weight excluding hydrogens is 290 g/mol. The van der Waals surface area contributed by atoms with Crippen molar-refractivity contribution in [3.8, 4) is 5.75 Å². The summed E-state index contributed by atoms with van der Waals surface area (Å²) in [7, 11) is 3.38. The number of halogens is 1. The lowest BCUT2D eigenvalue weighted by Crippen LogP contribution is -2.42. The zero-order valence-corrected chi connectivity index (χ0v) is 11.3. The molecule has 7 heteroatoms. The molecule has 0 aliphatic heterocycles. The molecule has 1 aliphatic carbocycles. The van der Waals surface area contributed by atoms with Crippen LogP contribution in [0.3, 0.4) is 0 Å². The molecule has 1 aromatic rings. The third-order valence-electron chi connectivity index (χ3n) is 3.16. The second kappa shape index (κ2) is 4.21. The first kappa shape index (κ1) is 12.2. The van der Waals surface area contributed by atoms with E-state index in [4.69, 9.17) is 9.84 Å². The lowest BCUT2D eigenvalue weighted by molar-refractivity contribution is 0.109. The number of nitrogens with zero attached hydrogens (tertiary/aromatic N) is 3. The molecule has 1 aliphatic rings. The van der Waals surface area contributed by atoms with Crippen molar-refractivity contribution in [3.63, 3.8) is 0 Å². The molecule has 94 valence electrons. The summed E-state index contributed by atoms with van der Waals surface area (Å²) in [5, 5.41) is 13.0. The Kier molecular flexibility index (Phi) is 3.03. The van der Waals surface area contributed by atoms with Crippen LogP contribution in [0, 0.1) is 0 Å². The maximum atomic E-state index is 10.9. The molecule has 1 amide bonds. The molecule has 0 bridgehead atoms. The minimum atomic E-state index is -0.920. The number of hydrogen-bond acceptors (Lipinski definition) is 3. The summed E-state index contributed by atoms with van der Waals surface area (Å²) in [6, 6.07) is 0. The summed E-state index contributed by atoms with van der Waals surface area (Å²) in [4.78, 5) is 12.2. The van der Waals surface area contributed by atoms with E-state index >= 15 is 0 Å². The Balaban J connectivity index is 1.99. The summed E-state index contributed by atoms with van der Waals surface area (Å²) >= 11 is 3.35. The molecule has 1 aromatic heterocycles. The molecule has 17 heavy (non-hydrogen) atoms. The van der Waals surface area contributed by atoms with E-state index in [9.17, 15) is 4.79 Å². The Morgan fingerprint density at radius 3 is 2.82 bits per heavy atom. The molecule has 0 radical (unpaired) electrons. The number of aryl methyl sites for hydroxylation is 1. The van der Waals surface area contributed by atoms with Crippen LogP contribution in [0.25, 0.3) is 0 Å². The van der Waals surface area contributed by atoms with E-state index in [1.165, 1.54) is 4.90 Å². The fourth-order valence-electron chi connectivity index (χ4n) is 1.64. The summed E-state index contributed by atoms with van der Waals surface area (Å²) in [5.41, 5.74) is -0.360. The molecular formula is C10H14BrN3O3. The minimum absolute atomic E-state index is 0.360. The molecule has 1 fully saturated rings. The van der Waals surface area contributed by atoms with E-state index < -0.39 is 6.09 Å². The van der Waals surface area contributed by atoms with E-state index in [2.05, 4.69) is 21.0 Å². The van der Waals surface area contributed by atoms with Gasteiger partial charge >= 0.3 is 6.09 Å². The van der Waals surface area contributed by atoms with Crippen molar-refractivity contribution in [2.75, 3.05) is 13.7 Å². The molecule has 0 spiro atoms. The Morgan fingerprint density at radius 1 is 1.76 bits per heavy atom. The van der Waals surface area contributed by atoms with Gasteiger partial charge in [-0.05, 0) is 28.8 Å². The fraction of sp³-hybridized carbons (Fsp3) is 0.600. The van der Waals surface area contributed by atoms with Gasteiger partial charge in [-0.1, -0.05) is 0 Å². The van der Waals surface area contributed by atoms with Crippen molar-refractivity contribution in [2.24, 2.45) is 7.05 Å². The number of carboxylic acid groups (broad SMARTS) is 1. The molecule has 1 heterocycles. The van der Waals surface area contributed by atoms with Gasteiger partial charge in [-0.15, -0.1) is 0 Å². The van der Waals surface area contributed by atoms with Gasteiger partial charge in [0.1, 0.15) is 11.2 Å². The maximum absolute atomic E-state index is 10.9. The predicted octanol–water partition coefficient (Wildman–Crippen LogP) is 1.70. The SMILES string of the molecule is CN(C(=O)O)C1(COc2cnn(C)c2Br)CC1. The van der Waals surface area contributed by atoms with Gasteiger partial charge in [0.15, 0.2) is 5.75 Å². The fourth-order valence-corrected chi connectivity index (χ4v) is 1.94. The highest BCUT2D eigenvalue weighted by Crippen LogP contribution is 2.41. The average Bonchev–Trinajstić information content (AvgIpc) is 3.01. The number of carbonyl (C=O) groups is 1. The summed E-state index contributed by atoms with van der Waals surface area (Å²) in [6.45, 7) is 0.361. The van der Waals surface area contributed by atoms with Gasteiger partial charge in [-0.3, -0.25) is 4.68 Å². The smallest absolute Gasteiger partial charge is 0.407 e. The zero-order chi connectivity index (χ0) is 12.6. The molecule has 0 unspecified atom stereocenters. The van der Waals surface area contributed by atoms with Gasteiger partial charge in [0.2, 0.25) is 0 Å². The molecule has 2 rings (SSSR count). The van der Waals surface area contributed by atoms with Crippen LogP contribution in [0.1, 0.15) is 12.8 Å². The van der Waals surface area contributed by atoms with E-state index in [1.54, 1.807) is 25.0 Å². The first-order chi connectivity index (χ1) is 7.96. The van der Waals surface area contributed by atoms with E-state index in [0.29, 0.717) is 12.4 Å². The standard InChI is InChI=1S/C10H14BrN3O3/c1-13(9(15)16)10(3-4-10)6-17-7-5-12-14(2)8(7)11/h5H,3-4,6H2,1-2H3,(H,15,16). The van der Waals surface area contributed by atoms with Gasteiger partial charge in [0.25, 0.3) is 0 Å². The van der Waals surface area contributed by atoms with Crippen LogP contribution in [-0.2, 0) is 7.05 Å². The first-order valence-electron chi connectivity index (χ1n) is 5.23. The highest BCUT2D eigenvalue weighted by Gasteiger charge is 2.49. The Labute approximate surface area is 107 Å². The monoisotopic (exact) mass is 303 g/mol. The van der Waals surface area contributed by atoms with Gasteiger partial charge in [-0.25, -0.2) is 4.79 Å². The number of aromatic nitrogens is 2.